The van der Waals surface area contributed by atoms with E-state index in [2.05, 4.69) is 0 Å². The summed E-state index contributed by atoms with van der Waals surface area (Å²) in [5, 5.41) is 9.04. The van der Waals surface area contributed by atoms with E-state index in [0.717, 1.165) is 11.6 Å². The summed E-state index contributed by atoms with van der Waals surface area (Å²) in [4.78, 5) is 11.1. The van der Waals surface area contributed by atoms with Crippen molar-refractivity contribution in [2.24, 2.45) is 0 Å². The van der Waals surface area contributed by atoms with Crippen LogP contribution in [0.25, 0.3) is 0 Å². The van der Waals surface area contributed by atoms with Crippen molar-refractivity contribution in [3.8, 4) is 11.5 Å². The molecule has 0 amide bonds. The molecule has 0 unspecified atom stereocenters. The van der Waals surface area contributed by atoms with Crippen LogP contribution in [-0.2, 0) is 6.61 Å². The summed E-state index contributed by atoms with van der Waals surface area (Å²) in [5.41, 5.74) is 0.298. The van der Waals surface area contributed by atoms with Gasteiger partial charge in [-0.1, -0.05) is 24.3 Å². The third kappa shape index (κ3) is 3.51. The maximum absolute atomic E-state index is 13.5. The lowest BCUT2D eigenvalue weighted by Crippen LogP contribution is -2.07. The number of para-hydroxylation sites is 1. The second kappa shape index (κ2) is 6.74. The molecule has 4 nitrogen and oxygen atoms in total. The van der Waals surface area contributed by atoms with Crippen molar-refractivity contribution >= 4 is 5.97 Å². The van der Waals surface area contributed by atoms with Crippen LogP contribution in [0.1, 0.15) is 22.8 Å². The fourth-order valence-electron chi connectivity index (χ4n) is 1.91. The molecule has 0 saturated carbocycles. The molecule has 0 aliphatic rings. The summed E-state index contributed by atoms with van der Waals surface area (Å²) in [6.07, 6.45) is 0. The Morgan fingerprint density at radius 3 is 2.52 bits per heavy atom. The van der Waals surface area contributed by atoms with Crippen LogP contribution < -0.4 is 9.47 Å². The Morgan fingerprint density at radius 1 is 1.10 bits per heavy atom. The SMILES string of the molecule is CCOc1ccccc1COc1cccc(F)c1C(=O)O. The zero-order valence-electron chi connectivity index (χ0n) is 11.5. The van der Waals surface area contributed by atoms with Gasteiger partial charge in [0.1, 0.15) is 29.5 Å². The summed E-state index contributed by atoms with van der Waals surface area (Å²) in [6, 6.07) is 11.2. The molecule has 2 rings (SSSR count). The van der Waals surface area contributed by atoms with Crippen molar-refractivity contribution in [1.82, 2.24) is 0 Å². The number of carboxylic acids is 1. The lowest BCUT2D eigenvalue weighted by atomic mass is 10.2. The first-order valence-electron chi connectivity index (χ1n) is 6.48. The molecular weight excluding hydrogens is 275 g/mol. The number of benzene rings is 2. The van der Waals surface area contributed by atoms with E-state index in [4.69, 9.17) is 14.6 Å². The van der Waals surface area contributed by atoms with Gasteiger partial charge in [-0.25, -0.2) is 9.18 Å². The summed E-state index contributed by atoms with van der Waals surface area (Å²) in [5.74, 6) is -1.53. The maximum Gasteiger partial charge on any atom is 0.342 e. The van der Waals surface area contributed by atoms with Crippen molar-refractivity contribution in [1.29, 1.82) is 0 Å². The number of rotatable bonds is 6. The first-order chi connectivity index (χ1) is 10.1. The van der Waals surface area contributed by atoms with Gasteiger partial charge < -0.3 is 14.6 Å². The van der Waals surface area contributed by atoms with E-state index in [1.807, 2.05) is 25.1 Å². The number of carbonyl (C=O) groups is 1. The van der Waals surface area contributed by atoms with Crippen LogP contribution in [0.2, 0.25) is 0 Å². The van der Waals surface area contributed by atoms with Gasteiger partial charge in [0.05, 0.1) is 6.61 Å². The molecule has 0 aliphatic heterocycles. The predicted octanol–water partition coefficient (Wildman–Crippen LogP) is 3.50. The normalized spacial score (nSPS) is 10.2. The number of hydrogen-bond acceptors (Lipinski definition) is 3. The summed E-state index contributed by atoms with van der Waals surface area (Å²) >= 11 is 0. The molecule has 0 fully saturated rings. The summed E-state index contributed by atoms with van der Waals surface area (Å²) in [6.45, 7) is 2.48. The Bertz CT molecular complexity index is 640. The molecule has 110 valence electrons. The molecule has 2 aromatic rings. The predicted molar refractivity (Wildman–Crippen MR) is 75.3 cm³/mol. The van der Waals surface area contributed by atoms with E-state index < -0.39 is 17.3 Å². The second-order valence-electron chi connectivity index (χ2n) is 4.25. The molecule has 0 atom stereocenters. The number of ether oxygens (including phenoxy) is 2. The minimum Gasteiger partial charge on any atom is -0.493 e. The highest BCUT2D eigenvalue weighted by molar-refractivity contribution is 5.91. The smallest absolute Gasteiger partial charge is 0.342 e. The lowest BCUT2D eigenvalue weighted by Gasteiger charge is -2.12. The Kier molecular flexibility index (Phi) is 4.77. The molecule has 21 heavy (non-hydrogen) atoms. The van der Waals surface area contributed by atoms with Crippen LogP contribution in [0.4, 0.5) is 4.39 Å². The number of carboxylic acid groups (broad SMARTS) is 1. The van der Waals surface area contributed by atoms with E-state index >= 15 is 0 Å². The Labute approximate surface area is 121 Å². The quantitative estimate of drug-likeness (QED) is 0.884. The molecule has 5 heteroatoms. The van der Waals surface area contributed by atoms with Crippen LogP contribution in [0, 0.1) is 5.82 Å². The van der Waals surface area contributed by atoms with E-state index in [1.165, 1.54) is 12.1 Å². The number of halogens is 1. The molecule has 0 aliphatic carbocycles. The Morgan fingerprint density at radius 2 is 1.81 bits per heavy atom. The van der Waals surface area contributed by atoms with E-state index in [1.54, 1.807) is 6.07 Å². The van der Waals surface area contributed by atoms with Gasteiger partial charge in [-0.2, -0.15) is 0 Å². The van der Waals surface area contributed by atoms with Crippen LogP contribution in [-0.4, -0.2) is 17.7 Å². The standard InChI is InChI=1S/C16H15FO4/c1-2-20-13-8-4-3-6-11(13)10-21-14-9-5-7-12(17)15(14)16(18)19/h3-9H,2,10H2,1H3,(H,18,19). The lowest BCUT2D eigenvalue weighted by molar-refractivity contribution is 0.0686. The highest BCUT2D eigenvalue weighted by Crippen LogP contribution is 2.25. The average molecular weight is 290 g/mol. The number of aromatic carboxylic acids is 1. The van der Waals surface area contributed by atoms with Crippen molar-refractivity contribution in [2.75, 3.05) is 6.61 Å². The molecule has 0 saturated heterocycles. The van der Waals surface area contributed by atoms with Gasteiger partial charge in [0.15, 0.2) is 0 Å². The van der Waals surface area contributed by atoms with Gasteiger partial charge in [0.25, 0.3) is 0 Å². The zero-order chi connectivity index (χ0) is 15.2. The fraction of sp³-hybridized carbons (Fsp3) is 0.188. The summed E-state index contributed by atoms with van der Waals surface area (Å²) < 4.78 is 24.4. The average Bonchev–Trinajstić information content (AvgIpc) is 2.46. The Hall–Kier alpha value is -2.56. The van der Waals surface area contributed by atoms with Gasteiger partial charge in [0.2, 0.25) is 0 Å². The third-order valence-electron chi connectivity index (χ3n) is 2.84. The summed E-state index contributed by atoms with van der Waals surface area (Å²) in [7, 11) is 0. The second-order valence-corrected chi connectivity index (χ2v) is 4.25. The third-order valence-corrected chi connectivity index (χ3v) is 2.84. The number of hydrogen-bond donors (Lipinski definition) is 1. The monoisotopic (exact) mass is 290 g/mol. The van der Waals surface area contributed by atoms with Crippen LogP contribution >= 0.6 is 0 Å². The molecule has 0 radical (unpaired) electrons. The van der Waals surface area contributed by atoms with Crippen molar-refractivity contribution in [3.63, 3.8) is 0 Å². The van der Waals surface area contributed by atoms with Crippen LogP contribution in [0.3, 0.4) is 0 Å². The van der Waals surface area contributed by atoms with Crippen LogP contribution in [0.5, 0.6) is 11.5 Å². The first-order valence-corrected chi connectivity index (χ1v) is 6.48. The molecular formula is C16H15FO4. The largest absolute Gasteiger partial charge is 0.493 e. The molecule has 0 spiro atoms. The Balaban J connectivity index is 2.21. The van der Waals surface area contributed by atoms with E-state index in [-0.39, 0.29) is 12.4 Å². The van der Waals surface area contributed by atoms with Gasteiger partial charge in [0, 0.05) is 5.56 Å². The van der Waals surface area contributed by atoms with Crippen molar-refractivity contribution < 1.29 is 23.8 Å². The molecule has 0 heterocycles. The van der Waals surface area contributed by atoms with Crippen molar-refractivity contribution in [2.45, 2.75) is 13.5 Å². The van der Waals surface area contributed by atoms with Crippen LogP contribution in [0.15, 0.2) is 42.5 Å². The molecule has 1 N–H and O–H groups in total. The minimum absolute atomic E-state index is 0.00574. The molecule has 0 bridgehead atoms. The minimum atomic E-state index is -1.36. The zero-order valence-corrected chi connectivity index (χ0v) is 11.5. The van der Waals surface area contributed by atoms with Gasteiger partial charge in [-0.15, -0.1) is 0 Å². The first kappa shape index (κ1) is 14.8. The van der Waals surface area contributed by atoms with Gasteiger partial charge in [-0.3, -0.25) is 0 Å². The maximum atomic E-state index is 13.5. The van der Waals surface area contributed by atoms with E-state index in [0.29, 0.717) is 12.4 Å². The topological polar surface area (TPSA) is 55.8 Å². The van der Waals surface area contributed by atoms with Crippen molar-refractivity contribution in [3.05, 3.63) is 59.4 Å². The highest BCUT2D eigenvalue weighted by atomic mass is 19.1. The molecule has 2 aromatic carbocycles. The van der Waals surface area contributed by atoms with E-state index in [9.17, 15) is 9.18 Å². The van der Waals surface area contributed by atoms with Gasteiger partial charge in [-0.05, 0) is 25.1 Å². The fourth-order valence-corrected chi connectivity index (χ4v) is 1.91. The molecule has 0 aromatic heterocycles. The van der Waals surface area contributed by atoms with Gasteiger partial charge >= 0.3 is 5.97 Å². The highest BCUT2D eigenvalue weighted by Gasteiger charge is 2.17.